The second-order valence-corrected chi connectivity index (χ2v) is 5.76. The van der Waals surface area contributed by atoms with Crippen LogP contribution in [0, 0.1) is 6.92 Å². The zero-order chi connectivity index (χ0) is 18.0. The molecule has 0 spiro atoms. The zero-order valence-corrected chi connectivity index (χ0v) is 13.9. The van der Waals surface area contributed by atoms with Crippen LogP contribution in [0.1, 0.15) is 16.9 Å². The molecule has 8 heteroatoms. The smallest absolute Gasteiger partial charge is 0.331 e. The molecule has 2 N–H and O–H groups in total. The van der Waals surface area contributed by atoms with Crippen LogP contribution in [0.2, 0.25) is 5.02 Å². The highest BCUT2D eigenvalue weighted by atomic mass is 35.5. The molecule has 0 aliphatic heterocycles. The average Bonchev–Trinajstić information content (AvgIpc) is 3.07. The normalized spacial score (nSPS) is 11.3. The first-order chi connectivity index (χ1) is 12.0. The Morgan fingerprint density at radius 1 is 1.36 bits per heavy atom. The number of aliphatic imine (C=N–C) groups is 1. The van der Waals surface area contributed by atoms with E-state index >= 15 is 0 Å². The Labute approximate surface area is 146 Å². The van der Waals surface area contributed by atoms with E-state index in [4.69, 9.17) is 16.0 Å². The maximum absolute atomic E-state index is 12.0. The first-order valence-electron chi connectivity index (χ1n) is 7.34. The van der Waals surface area contributed by atoms with Crippen molar-refractivity contribution in [1.29, 1.82) is 0 Å². The molecular weight excluding hydrogens is 346 g/mol. The molecule has 0 fully saturated rings. The molecule has 1 aromatic carbocycles. The van der Waals surface area contributed by atoms with Crippen molar-refractivity contribution in [2.75, 3.05) is 0 Å². The summed E-state index contributed by atoms with van der Waals surface area (Å²) in [6.45, 7) is 1.84. The van der Waals surface area contributed by atoms with Gasteiger partial charge in [0.05, 0.1) is 18.5 Å². The van der Waals surface area contributed by atoms with E-state index in [0.717, 1.165) is 10.1 Å². The molecule has 0 saturated carbocycles. The van der Waals surface area contributed by atoms with Crippen LogP contribution in [-0.4, -0.2) is 20.9 Å². The van der Waals surface area contributed by atoms with Crippen molar-refractivity contribution in [2.24, 2.45) is 4.99 Å². The van der Waals surface area contributed by atoms with Crippen LogP contribution in [0.5, 0.6) is 5.88 Å². The number of benzene rings is 1. The van der Waals surface area contributed by atoms with Crippen molar-refractivity contribution in [3.05, 3.63) is 79.3 Å². The van der Waals surface area contributed by atoms with Gasteiger partial charge < -0.3 is 9.52 Å². The lowest BCUT2D eigenvalue weighted by Gasteiger charge is -2.07. The van der Waals surface area contributed by atoms with Gasteiger partial charge in [-0.3, -0.25) is 19.3 Å². The van der Waals surface area contributed by atoms with Crippen LogP contribution in [0.3, 0.4) is 0 Å². The monoisotopic (exact) mass is 359 g/mol. The minimum absolute atomic E-state index is 0.0222. The number of nitrogens with one attached hydrogen (secondary N) is 1. The Morgan fingerprint density at radius 3 is 2.84 bits per heavy atom. The van der Waals surface area contributed by atoms with Gasteiger partial charge in [-0.1, -0.05) is 17.7 Å². The summed E-state index contributed by atoms with van der Waals surface area (Å²) in [5, 5.41) is 10.8. The number of aromatic amines is 1. The molecule has 0 aliphatic rings. The van der Waals surface area contributed by atoms with E-state index in [0.29, 0.717) is 16.5 Å². The van der Waals surface area contributed by atoms with Gasteiger partial charge in [0, 0.05) is 11.2 Å². The summed E-state index contributed by atoms with van der Waals surface area (Å²) >= 11 is 6.04. The van der Waals surface area contributed by atoms with E-state index < -0.39 is 17.1 Å². The molecule has 0 atom stereocenters. The van der Waals surface area contributed by atoms with Crippen molar-refractivity contribution in [3.8, 4) is 5.88 Å². The van der Waals surface area contributed by atoms with Gasteiger partial charge in [-0.15, -0.1) is 0 Å². The lowest BCUT2D eigenvalue weighted by molar-refractivity contribution is 0.392. The predicted molar refractivity (Wildman–Crippen MR) is 94.2 cm³/mol. The zero-order valence-electron chi connectivity index (χ0n) is 13.2. The number of aryl methyl sites for hydroxylation is 1. The number of aromatic nitrogens is 2. The van der Waals surface area contributed by atoms with Gasteiger partial charge in [-0.05, 0) is 36.8 Å². The summed E-state index contributed by atoms with van der Waals surface area (Å²) in [5.74, 6) is -0.0373. The molecular formula is C17H14ClN3O4. The third kappa shape index (κ3) is 3.56. The number of nitrogens with zero attached hydrogens (tertiary/aromatic N) is 2. The van der Waals surface area contributed by atoms with Crippen LogP contribution in [0.25, 0.3) is 0 Å². The number of H-pyrrole nitrogens is 1. The van der Waals surface area contributed by atoms with Gasteiger partial charge in [-0.25, -0.2) is 4.79 Å². The molecule has 128 valence electrons. The van der Waals surface area contributed by atoms with E-state index in [1.54, 1.807) is 30.3 Å². The molecule has 0 aliphatic carbocycles. The minimum atomic E-state index is -0.741. The van der Waals surface area contributed by atoms with Crippen LogP contribution in [0.4, 0.5) is 5.69 Å². The van der Waals surface area contributed by atoms with E-state index in [9.17, 15) is 14.7 Å². The summed E-state index contributed by atoms with van der Waals surface area (Å²) in [6.07, 6.45) is 2.64. The third-order valence-electron chi connectivity index (χ3n) is 3.60. The summed E-state index contributed by atoms with van der Waals surface area (Å²) in [5.41, 5.74) is -0.205. The number of hydrogen-bond acceptors (Lipinski definition) is 5. The van der Waals surface area contributed by atoms with Gasteiger partial charge in [0.2, 0.25) is 5.88 Å². The van der Waals surface area contributed by atoms with Crippen molar-refractivity contribution in [1.82, 2.24) is 9.55 Å². The second-order valence-electron chi connectivity index (χ2n) is 5.35. The lowest BCUT2D eigenvalue weighted by Crippen LogP contribution is -2.32. The fraction of sp³-hybridized carbons (Fsp3) is 0.118. The van der Waals surface area contributed by atoms with E-state index in [2.05, 4.69) is 9.98 Å². The minimum Gasteiger partial charge on any atom is -0.494 e. The molecule has 0 saturated heterocycles. The Morgan fingerprint density at radius 2 is 2.16 bits per heavy atom. The van der Waals surface area contributed by atoms with Crippen molar-refractivity contribution in [2.45, 2.75) is 13.5 Å². The van der Waals surface area contributed by atoms with Crippen LogP contribution < -0.4 is 11.2 Å². The van der Waals surface area contributed by atoms with Gasteiger partial charge in [-0.2, -0.15) is 0 Å². The van der Waals surface area contributed by atoms with Crippen molar-refractivity contribution < 1.29 is 9.52 Å². The Kier molecular flexibility index (Phi) is 4.58. The third-order valence-corrected chi connectivity index (χ3v) is 4.01. The number of hydrogen-bond donors (Lipinski definition) is 2. The van der Waals surface area contributed by atoms with Crippen LogP contribution in [0.15, 0.2) is 55.6 Å². The van der Waals surface area contributed by atoms with E-state index in [1.807, 2.05) is 6.92 Å². The molecule has 0 amide bonds. The molecule has 25 heavy (non-hydrogen) atoms. The van der Waals surface area contributed by atoms with E-state index in [1.165, 1.54) is 12.5 Å². The quantitative estimate of drug-likeness (QED) is 0.699. The highest BCUT2D eigenvalue weighted by Gasteiger charge is 2.14. The maximum atomic E-state index is 12.0. The fourth-order valence-corrected chi connectivity index (χ4v) is 2.37. The topological polar surface area (TPSA) is 101 Å². The van der Waals surface area contributed by atoms with Crippen molar-refractivity contribution >= 4 is 23.5 Å². The van der Waals surface area contributed by atoms with Gasteiger partial charge in [0.25, 0.3) is 5.56 Å². The number of furan rings is 1. The Hall–Kier alpha value is -3.06. The number of rotatable bonds is 4. The highest BCUT2D eigenvalue weighted by molar-refractivity contribution is 6.31. The summed E-state index contributed by atoms with van der Waals surface area (Å²) in [4.78, 5) is 30.2. The Bertz CT molecular complexity index is 1050. The molecule has 0 bridgehead atoms. The summed E-state index contributed by atoms with van der Waals surface area (Å²) < 4.78 is 6.15. The molecule has 2 heterocycles. The number of aromatic hydroxyl groups is 1. The maximum Gasteiger partial charge on any atom is 0.331 e. The van der Waals surface area contributed by atoms with Gasteiger partial charge >= 0.3 is 5.69 Å². The van der Waals surface area contributed by atoms with E-state index in [-0.39, 0.29) is 12.1 Å². The Balaban J connectivity index is 2.00. The SMILES string of the molecule is Cc1ccc(N=Cc2c(O)n(Cc3ccco3)c(=O)[nH]c2=O)cc1Cl. The number of halogens is 1. The first-order valence-corrected chi connectivity index (χ1v) is 7.72. The van der Waals surface area contributed by atoms with Crippen molar-refractivity contribution in [3.63, 3.8) is 0 Å². The molecule has 0 unspecified atom stereocenters. The van der Waals surface area contributed by atoms with Gasteiger partial charge in [0.1, 0.15) is 11.3 Å². The fourth-order valence-electron chi connectivity index (χ4n) is 2.20. The highest BCUT2D eigenvalue weighted by Crippen LogP contribution is 2.22. The standard InChI is InChI=1S/C17H14ClN3O4/c1-10-4-5-11(7-14(10)18)19-8-13-15(22)20-17(24)21(16(13)23)9-12-3-2-6-25-12/h2-8,23H,9H2,1H3,(H,20,22,24). The first kappa shape index (κ1) is 16.8. The molecule has 0 radical (unpaired) electrons. The van der Waals surface area contributed by atoms with Crippen LogP contribution in [-0.2, 0) is 6.54 Å². The van der Waals surface area contributed by atoms with Crippen LogP contribution >= 0.6 is 11.6 Å². The lowest BCUT2D eigenvalue weighted by atomic mass is 10.2. The second kappa shape index (κ2) is 6.82. The molecule has 7 nitrogen and oxygen atoms in total. The summed E-state index contributed by atoms with van der Waals surface area (Å²) in [6, 6.07) is 8.46. The van der Waals surface area contributed by atoms with Gasteiger partial charge in [0.15, 0.2) is 0 Å². The molecule has 2 aromatic heterocycles. The largest absolute Gasteiger partial charge is 0.494 e. The summed E-state index contributed by atoms with van der Waals surface area (Å²) in [7, 11) is 0. The molecule has 3 aromatic rings. The average molecular weight is 360 g/mol. The molecule has 3 rings (SSSR count). The predicted octanol–water partition coefficient (Wildman–Crippen LogP) is 2.60.